The maximum absolute atomic E-state index is 13.4. The summed E-state index contributed by atoms with van der Waals surface area (Å²) in [5, 5.41) is 13.9. The number of piperidine rings is 1. The Morgan fingerprint density at radius 1 is 1.20 bits per heavy atom. The Morgan fingerprint density at radius 2 is 1.93 bits per heavy atom. The van der Waals surface area contributed by atoms with E-state index in [-0.39, 0.29) is 17.1 Å². The number of hydrogen-bond acceptors (Lipinski definition) is 4. The summed E-state index contributed by atoms with van der Waals surface area (Å²) in [7, 11) is 0. The van der Waals surface area contributed by atoms with Gasteiger partial charge in [0.05, 0.1) is 29.7 Å². The van der Waals surface area contributed by atoms with Gasteiger partial charge in [-0.05, 0) is 86.4 Å². The molecule has 0 unspecified atom stereocenters. The van der Waals surface area contributed by atoms with E-state index in [2.05, 4.69) is 73.3 Å². The second kappa shape index (κ2) is 7.95. The number of quaternary nitrogens is 1. The maximum atomic E-state index is 13.4. The molecular weight excluding hydrogens is 376 g/mol. The fourth-order valence-electron chi connectivity index (χ4n) is 4.55. The van der Waals surface area contributed by atoms with Crippen LogP contribution in [-0.4, -0.2) is 38.3 Å². The molecule has 7 heteroatoms. The van der Waals surface area contributed by atoms with Crippen LogP contribution >= 0.6 is 0 Å². The molecule has 0 saturated carbocycles. The van der Waals surface area contributed by atoms with Gasteiger partial charge in [0.2, 0.25) is 5.82 Å². The molecule has 3 heterocycles. The Balaban J connectivity index is 1.92. The highest BCUT2D eigenvalue weighted by Crippen LogP contribution is 2.26. The lowest BCUT2D eigenvalue weighted by Gasteiger charge is -2.33. The van der Waals surface area contributed by atoms with E-state index in [0.29, 0.717) is 0 Å². The standard InChI is InChI=1S/C23H32N6O/c1-6-23(4,5)29-21(25-26-27-29)20(28-12-8-7-9-13-28)18-14-17-11-10-15(2)16(3)19(17)24-22(18)30/h10-11,14,20H,6-9,12-13H2,1-5H3,(H,24,30)/p+1/t20-/m0/s1. The number of tetrazole rings is 1. The van der Waals surface area contributed by atoms with Crippen LogP contribution in [0.25, 0.3) is 10.9 Å². The maximum Gasteiger partial charge on any atom is 0.258 e. The van der Waals surface area contributed by atoms with Crippen LogP contribution < -0.4 is 10.5 Å². The van der Waals surface area contributed by atoms with Crippen molar-refractivity contribution >= 4 is 10.9 Å². The van der Waals surface area contributed by atoms with Crippen LogP contribution in [0.4, 0.5) is 0 Å². The predicted molar refractivity (Wildman–Crippen MR) is 118 cm³/mol. The van der Waals surface area contributed by atoms with E-state index in [1.54, 1.807) is 0 Å². The number of aromatic amines is 1. The first-order valence-corrected chi connectivity index (χ1v) is 11.1. The van der Waals surface area contributed by atoms with Crippen LogP contribution in [0.5, 0.6) is 0 Å². The van der Waals surface area contributed by atoms with Gasteiger partial charge in [0.25, 0.3) is 5.56 Å². The average Bonchev–Trinajstić information content (AvgIpc) is 3.23. The Labute approximate surface area is 177 Å². The van der Waals surface area contributed by atoms with Crippen molar-refractivity contribution in [3.05, 3.63) is 51.1 Å². The number of nitrogens with zero attached hydrogens (tertiary/aromatic N) is 4. The molecule has 1 atom stereocenters. The van der Waals surface area contributed by atoms with Gasteiger partial charge in [-0.25, -0.2) is 4.68 Å². The number of hydrogen-bond donors (Lipinski definition) is 2. The van der Waals surface area contributed by atoms with Crippen molar-refractivity contribution in [3.8, 4) is 0 Å². The van der Waals surface area contributed by atoms with Gasteiger partial charge in [-0.2, -0.15) is 0 Å². The van der Waals surface area contributed by atoms with Crippen LogP contribution in [0.1, 0.15) is 75.0 Å². The highest BCUT2D eigenvalue weighted by atomic mass is 16.1. The molecule has 0 bridgehead atoms. The lowest BCUT2D eigenvalue weighted by molar-refractivity contribution is -0.931. The van der Waals surface area contributed by atoms with E-state index >= 15 is 0 Å². The molecule has 1 aliphatic rings. The molecule has 2 aromatic heterocycles. The fraction of sp³-hybridized carbons (Fsp3) is 0.565. The van der Waals surface area contributed by atoms with Crippen LogP contribution in [0.15, 0.2) is 23.0 Å². The summed E-state index contributed by atoms with van der Waals surface area (Å²) in [5.74, 6) is 0.785. The molecule has 3 aromatic rings. The minimum Gasteiger partial charge on any atom is -0.322 e. The molecule has 4 rings (SSSR count). The highest BCUT2D eigenvalue weighted by molar-refractivity contribution is 5.83. The van der Waals surface area contributed by atoms with Gasteiger partial charge in [-0.1, -0.05) is 19.1 Å². The second-order valence-corrected chi connectivity index (χ2v) is 9.29. The molecule has 2 N–H and O–H groups in total. The normalized spacial score (nSPS) is 16.8. The van der Waals surface area contributed by atoms with Crippen LogP contribution in [-0.2, 0) is 5.54 Å². The molecule has 0 aliphatic carbocycles. The first kappa shape index (κ1) is 20.7. The summed E-state index contributed by atoms with van der Waals surface area (Å²) in [4.78, 5) is 17.9. The van der Waals surface area contributed by atoms with Gasteiger partial charge in [0.1, 0.15) is 0 Å². The monoisotopic (exact) mass is 409 g/mol. The number of benzene rings is 1. The number of fused-ring (bicyclic) bond motifs is 1. The minimum atomic E-state index is -0.219. The Morgan fingerprint density at radius 3 is 2.63 bits per heavy atom. The predicted octanol–water partition coefficient (Wildman–Crippen LogP) is 2.43. The fourth-order valence-corrected chi connectivity index (χ4v) is 4.55. The lowest BCUT2D eigenvalue weighted by atomic mass is 9.97. The van der Waals surface area contributed by atoms with E-state index in [1.807, 2.05) is 4.68 Å². The number of aryl methyl sites for hydroxylation is 2. The third-order valence-electron chi connectivity index (χ3n) is 6.99. The van der Waals surface area contributed by atoms with Crippen molar-refractivity contribution in [1.29, 1.82) is 0 Å². The number of nitrogens with one attached hydrogen (secondary N) is 2. The number of likely N-dealkylation sites (tertiary alicyclic amines) is 1. The van der Waals surface area contributed by atoms with E-state index in [0.717, 1.165) is 60.2 Å². The molecule has 1 saturated heterocycles. The van der Waals surface area contributed by atoms with Gasteiger partial charge in [-0.3, -0.25) is 4.79 Å². The molecule has 0 amide bonds. The molecule has 0 radical (unpaired) electrons. The Kier molecular flexibility index (Phi) is 5.49. The van der Waals surface area contributed by atoms with Crippen molar-refractivity contribution in [1.82, 2.24) is 25.2 Å². The molecule has 7 nitrogen and oxygen atoms in total. The zero-order valence-corrected chi connectivity index (χ0v) is 18.7. The number of rotatable bonds is 5. The molecule has 30 heavy (non-hydrogen) atoms. The number of aromatic nitrogens is 5. The summed E-state index contributed by atoms with van der Waals surface area (Å²) in [6.07, 6.45) is 4.47. The van der Waals surface area contributed by atoms with Gasteiger partial charge >= 0.3 is 0 Å². The van der Waals surface area contributed by atoms with Gasteiger partial charge in [0, 0.05) is 0 Å². The number of pyridine rings is 1. The van der Waals surface area contributed by atoms with Crippen molar-refractivity contribution in [2.75, 3.05) is 13.1 Å². The highest BCUT2D eigenvalue weighted by Gasteiger charge is 2.37. The summed E-state index contributed by atoms with van der Waals surface area (Å²) in [6.45, 7) is 12.6. The minimum absolute atomic E-state index is 0.0388. The van der Waals surface area contributed by atoms with Gasteiger partial charge < -0.3 is 9.88 Å². The summed E-state index contributed by atoms with van der Waals surface area (Å²) >= 11 is 0. The molecule has 1 fully saturated rings. The lowest BCUT2D eigenvalue weighted by Crippen LogP contribution is -3.13. The third-order valence-corrected chi connectivity index (χ3v) is 6.99. The summed E-state index contributed by atoms with van der Waals surface area (Å²) in [6, 6.07) is 6.09. The average molecular weight is 410 g/mol. The quantitative estimate of drug-likeness (QED) is 0.678. The van der Waals surface area contributed by atoms with Crippen molar-refractivity contribution in [3.63, 3.8) is 0 Å². The third kappa shape index (κ3) is 3.55. The Bertz CT molecular complexity index is 1110. The second-order valence-electron chi connectivity index (χ2n) is 9.29. The van der Waals surface area contributed by atoms with E-state index in [4.69, 9.17) is 0 Å². The largest absolute Gasteiger partial charge is 0.322 e. The molecule has 0 spiro atoms. The van der Waals surface area contributed by atoms with E-state index in [1.165, 1.54) is 16.9 Å². The first-order chi connectivity index (χ1) is 14.3. The molecular formula is C23H33N6O+. The Hall–Kier alpha value is -2.54. The summed E-state index contributed by atoms with van der Waals surface area (Å²) in [5.41, 5.74) is 3.72. The molecule has 1 aromatic carbocycles. The van der Waals surface area contributed by atoms with Crippen LogP contribution in [0, 0.1) is 13.8 Å². The topological polar surface area (TPSA) is 80.9 Å². The zero-order valence-electron chi connectivity index (χ0n) is 18.7. The van der Waals surface area contributed by atoms with Crippen molar-refractivity contribution in [2.24, 2.45) is 0 Å². The van der Waals surface area contributed by atoms with Gasteiger partial charge in [0.15, 0.2) is 6.04 Å². The summed E-state index contributed by atoms with van der Waals surface area (Å²) < 4.78 is 1.93. The van der Waals surface area contributed by atoms with Gasteiger partial charge in [-0.15, -0.1) is 5.10 Å². The van der Waals surface area contributed by atoms with E-state index < -0.39 is 0 Å². The molecule has 1 aliphatic heterocycles. The number of H-pyrrole nitrogens is 1. The van der Waals surface area contributed by atoms with Crippen LogP contribution in [0.2, 0.25) is 0 Å². The zero-order chi connectivity index (χ0) is 21.5. The molecule has 160 valence electrons. The van der Waals surface area contributed by atoms with Crippen LogP contribution in [0.3, 0.4) is 0 Å². The SMILES string of the molecule is CCC(C)(C)n1nnnc1[C@H](c1cc2ccc(C)c(C)c2[nH]c1=O)[NH+]1CCCCC1. The smallest absolute Gasteiger partial charge is 0.258 e. The first-order valence-electron chi connectivity index (χ1n) is 11.1. The van der Waals surface area contributed by atoms with Crippen molar-refractivity contribution in [2.45, 2.75) is 71.9 Å². The van der Waals surface area contributed by atoms with Crippen molar-refractivity contribution < 1.29 is 4.90 Å². The van der Waals surface area contributed by atoms with E-state index in [9.17, 15) is 4.79 Å².